The lowest BCUT2D eigenvalue weighted by Crippen LogP contribution is -2.11. The second-order valence-corrected chi connectivity index (χ2v) is 4.41. The van der Waals surface area contributed by atoms with Crippen LogP contribution in [0.15, 0.2) is 48.5 Å². The van der Waals surface area contributed by atoms with Crippen LogP contribution in [0.4, 0.5) is 5.69 Å². The van der Waals surface area contributed by atoms with Gasteiger partial charge in [-0.1, -0.05) is 17.7 Å². The minimum Gasteiger partial charge on any atom is -0.485 e. The van der Waals surface area contributed by atoms with Crippen molar-refractivity contribution in [3.05, 3.63) is 69.2 Å². The van der Waals surface area contributed by atoms with Crippen LogP contribution in [0.5, 0.6) is 5.75 Å². The fourth-order valence-corrected chi connectivity index (χ4v) is 1.74. The number of non-ortho nitro benzene ring substituents is 1. The minimum atomic E-state index is -0.517. The number of nitro groups is 1. The minimum absolute atomic E-state index is 0.0580. The average molecular weight is 292 g/mol. The fourth-order valence-electron chi connectivity index (χ4n) is 1.56. The summed E-state index contributed by atoms with van der Waals surface area (Å²) < 4.78 is 5.31. The summed E-state index contributed by atoms with van der Waals surface area (Å²) in [5, 5.41) is 11.0. The summed E-state index contributed by atoms with van der Waals surface area (Å²) >= 11 is 5.80. The highest BCUT2D eigenvalue weighted by molar-refractivity contribution is 6.30. The zero-order valence-electron chi connectivity index (χ0n) is 10.3. The van der Waals surface area contributed by atoms with Gasteiger partial charge in [0.1, 0.15) is 5.75 Å². The third kappa shape index (κ3) is 3.55. The lowest BCUT2D eigenvalue weighted by Gasteiger charge is -2.05. The van der Waals surface area contributed by atoms with E-state index in [4.69, 9.17) is 16.3 Å². The number of ether oxygens (including phenoxy) is 1. The van der Waals surface area contributed by atoms with E-state index in [2.05, 4.69) is 0 Å². The second-order valence-electron chi connectivity index (χ2n) is 3.97. The van der Waals surface area contributed by atoms with Gasteiger partial charge in [-0.25, -0.2) is 0 Å². The number of rotatable bonds is 5. The number of Topliss-reactive ketones (excluding diaryl/α,β-unsaturated/α-hetero) is 1. The van der Waals surface area contributed by atoms with E-state index in [1.54, 1.807) is 24.3 Å². The van der Waals surface area contributed by atoms with Gasteiger partial charge in [0, 0.05) is 22.7 Å². The molecule has 102 valence electrons. The van der Waals surface area contributed by atoms with Crippen LogP contribution in [-0.4, -0.2) is 17.3 Å². The molecule has 20 heavy (non-hydrogen) atoms. The molecule has 0 bridgehead atoms. The van der Waals surface area contributed by atoms with Gasteiger partial charge in [-0.3, -0.25) is 14.9 Å². The first-order valence-corrected chi connectivity index (χ1v) is 6.10. The molecule has 0 atom stereocenters. The molecule has 5 nitrogen and oxygen atoms in total. The third-order valence-corrected chi connectivity index (χ3v) is 2.80. The molecule has 2 aromatic rings. The largest absolute Gasteiger partial charge is 0.485 e. The summed E-state index contributed by atoms with van der Waals surface area (Å²) in [7, 11) is 0. The highest BCUT2D eigenvalue weighted by atomic mass is 35.5. The lowest BCUT2D eigenvalue weighted by atomic mass is 10.1. The molecule has 0 N–H and O–H groups in total. The predicted molar refractivity (Wildman–Crippen MR) is 74.4 cm³/mol. The zero-order chi connectivity index (χ0) is 14.5. The molecule has 0 aliphatic carbocycles. The van der Waals surface area contributed by atoms with Crippen LogP contribution in [-0.2, 0) is 0 Å². The number of benzene rings is 2. The molecule has 0 saturated heterocycles. The molecule has 0 heterocycles. The van der Waals surface area contributed by atoms with Gasteiger partial charge >= 0.3 is 0 Å². The molecule has 0 amide bonds. The van der Waals surface area contributed by atoms with E-state index in [-0.39, 0.29) is 18.1 Å². The predicted octanol–water partition coefficient (Wildman–Crippen LogP) is 3.51. The topological polar surface area (TPSA) is 69.4 Å². The van der Waals surface area contributed by atoms with E-state index in [0.717, 1.165) is 0 Å². The number of carbonyl (C=O) groups excluding carboxylic acids is 1. The molecule has 0 radical (unpaired) electrons. The Morgan fingerprint density at radius 3 is 2.50 bits per heavy atom. The highest BCUT2D eigenvalue weighted by Gasteiger charge is 2.10. The van der Waals surface area contributed by atoms with Gasteiger partial charge < -0.3 is 4.74 Å². The first kappa shape index (κ1) is 14.0. The van der Waals surface area contributed by atoms with Crippen molar-refractivity contribution in [2.75, 3.05) is 6.61 Å². The Hall–Kier alpha value is -2.40. The molecule has 0 fully saturated rings. The molecule has 0 aromatic heterocycles. The van der Waals surface area contributed by atoms with Crippen molar-refractivity contribution >= 4 is 23.1 Å². The molecule has 2 rings (SSSR count). The van der Waals surface area contributed by atoms with Crippen LogP contribution < -0.4 is 4.74 Å². The Bertz CT molecular complexity index is 640. The lowest BCUT2D eigenvalue weighted by molar-refractivity contribution is -0.384. The maximum absolute atomic E-state index is 11.9. The van der Waals surface area contributed by atoms with Crippen molar-refractivity contribution in [2.24, 2.45) is 0 Å². The Labute approximate surface area is 119 Å². The average Bonchev–Trinajstić information content (AvgIpc) is 2.45. The monoisotopic (exact) mass is 291 g/mol. The smallest absolute Gasteiger partial charge is 0.269 e. The van der Waals surface area contributed by atoms with Gasteiger partial charge in [0.25, 0.3) is 5.69 Å². The van der Waals surface area contributed by atoms with Crippen molar-refractivity contribution in [3.8, 4) is 5.75 Å². The molecule has 6 heteroatoms. The molecular weight excluding hydrogens is 282 g/mol. The summed E-state index contributed by atoms with van der Waals surface area (Å²) in [4.78, 5) is 21.8. The van der Waals surface area contributed by atoms with Gasteiger partial charge in [-0.05, 0) is 30.3 Å². The van der Waals surface area contributed by atoms with Crippen LogP contribution in [0.3, 0.4) is 0 Å². The maximum Gasteiger partial charge on any atom is 0.269 e. The Kier molecular flexibility index (Phi) is 4.32. The van der Waals surface area contributed by atoms with Crippen LogP contribution >= 0.6 is 11.6 Å². The fraction of sp³-hybridized carbons (Fsp3) is 0.0714. The zero-order valence-corrected chi connectivity index (χ0v) is 11.0. The van der Waals surface area contributed by atoms with Gasteiger partial charge in [0.05, 0.1) is 4.92 Å². The normalized spacial score (nSPS) is 10.1. The molecule has 0 aliphatic heterocycles. The van der Waals surface area contributed by atoms with E-state index in [9.17, 15) is 14.9 Å². The Morgan fingerprint density at radius 2 is 1.90 bits per heavy atom. The Morgan fingerprint density at radius 1 is 1.20 bits per heavy atom. The number of nitro benzene ring substituents is 1. The van der Waals surface area contributed by atoms with Gasteiger partial charge in [0.15, 0.2) is 12.4 Å². The number of hydrogen-bond donors (Lipinski definition) is 0. The first-order chi connectivity index (χ1) is 9.56. The van der Waals surface area contributed by atoms with E-state index in [1.807, 2.05) is 0 Å². The number of halogens is 1. The number of hydrogen-bond acceptors (Lipinski definition) is 4. The van der Waals surface area contributed by atoms with Gasteiger partial charge in [0.2, 0.25) is 0 Å². The van der Waals surface area contributed by atoms with E-state index in [1.165, 1.54) is 24.3 Å². The van der Waals surface area contributed by atoms with Crippen molar-refractivity contribution in [1.82, 2.24) is 0 Å². The number of carbonyl (C=O) groups is 1. The molecule has 0 aliphatic rings. The SMILES string of the molecule is O=C(COc1cccc(Cl)c1)c1ccc([N+](=O)[O-])cc1. The van der Waals surface area contributed by atoms with E-state index in [0.29, 0.717) is 16.3 Å². The summed E-state index contributed by atoms with van der Waals surface area (Å²) in [5.41, 5.74) is 0.301. The second kappa shape index (κ2) is 6.16. The molecule has 0 unspecified atom stereocenters. The summed E-state index contributed by atoms with van der Waals surface area (Å²) in [6.45, 7) is -0.155. The van der Waals surface area contributed by atoms with E-state index >= 15 is 0 Å². The summed E-state index contributed by atoms with van der Waals surface area (Å²) in [5.74, 6) is 0.229. The van der Waals surface area contributed by atoms with Crippen molar-refractivity contribution in [2.45, 2.75) is 0 Å². The molecule has 0 saturated carbocycles. The van der Waals surface area contributed by atoms with Crippen LogP contribution in [0.1, 0.15) is 10.4 Å². The quantitative estimate of drug-likeness (QED) is 0.480. The van der Waals surface area contributed by atoms with Crippen LogP contribution in [0.2, 0.25) is 5.02 Å². The van der Waals surface area contributed by atoms with E-state index < -0.39 is 4.92 Å². The standard InChI is InChI=1S/C14H10ClNO4/c15-11-2-1-3-13(8-11)20-9-14(17)10-4-6-12(7-5-10)16(18)19/h1-8H,9H2. The van der Waals surface area contributed by atoms with Gasteiger partial charge in [-0.15, -0.1) is 0 Å². The summed E-state index contributed by atoms with van der Waals surface area (Å²) in [6.07, 6.45) is 0. The first-order valence-electron chi connectivity index (χ1n) is 5.72. The number of nitrogens with zero attached hydrogens (tertiary/aromatic N) is 1. The number of ketones is 1. The third-order valence-electron chi connectivity index (χ3n) is 2.57. The highest BCUT2D eigenvalue weighted by Crippen LogP contribution is 2.18. The molecule has 0 spiro atoms. The van der Waals surface area contributed by atoms with Crippen molar-refractivity contribution in [3.63, 3.8) is 0 Å². The molecule has 2 aromatic carbocycles. The van der Waals surface area contributed by atoms with Gasteiger partial charge in [-0.2, -0.15) is 0 Å². The molecular formula is C14H10ClNO4. The van der Waals surface area contributed by atoms with Crippen LogP contribution in [0.25, 0.3) is 0 Å². The maximum atomic E-state index is 11.9. The Balaban J connectivity index is 1.99. The van der Waals surface area contributed by atoms with Crippen molar-refractivity contribution in [1.29, 1.82) is 0 Å². The summed E-state index contributed by atoms with van der Waals surface area (Å²) in [6, 6.07) is 12.1. The van der Waals surface area contributed by atoms with Crippen molar-refractivity contribution < 1.29 is 14.5 Å². The van der Waals surface area contributed by atoms with Crippen LogP contribution in [0, 0.1) is 10.1 Å².